The number of rotatable bonds is 4. The van der Waals surface area contributed by atoms with Crippen LogP contribution in [0, 0.1) is 27.7 Å². The van der Waals surface area contributed by atoms with Crippen LogP contribution < -0.4 is 13.7 Å². The summed E-state index contributed by atoms with van der Waals surface area (Å²) in [6.45, 7) is 8.48. The minimum absolute atomic E-state index is 0.814. The summed E-state index contributed by atoms with van der Waals surface area (Å²) in [5.41, 5.74) is 24.0. The van der Waals surface area contributed by atoms with Crippen LogP contribution >= 0.6 is 0 Å². The zero-order valence-electron chi connectivity index (χ0n) is 44.8. The molecule has 0 N–H and O–H groups in total. The third-order valence-corrected chi connectivity index (χ3v) is 15.5. The number of nitrogens with zero attached hydrogens (tertiary/aromatic N) is 3. The van der Waals surface area contributed by atoms with Gasteiger partial charge in [-0.1, -0.05) is 84.9 Å². The molecule has 0 radical (unpaired) electrons. The first-order chi connectivity index (χ1) is 38.6. The first kappa shape index (κ1) is 47.5. The van der Waals surface area contributed by atoms with E-state index in [4.69, 9.17) is 26.5 Å². The summed E-state index contributed by atoms with van der Waals surface area (Å²) in [6.07, 6.45) is 6.25. The van der Waals surface area contributed by atoms with Gasteiger partial charge in [-0.3, -0.25) is 0 Å². The molecule has 0 atom stereocenters. The second-order valence-corrected chi connectivity index (χ2v) is 20.7. The van der Waals surface area contributed by atoms with Gasteiger partial charge in [-0.2, -0.15) is 0 Å². The predicted molar refractivity (Wildman–Crippen MR) is 315 cm³/mol. The first-order valence-corrected chi connectivity index (χ1v) is 26.5. The molecular formula is C70H54N3O6+3. The lowest BCUT2D eigenvalue weighted by molar-refractivity contribution is -0.660. The Balaban J connectivity index is 0.000000108. The number of aryl methyl sites for hydroxylation is 7. The first-order valence-electron chi connectivity index (χ1n) is 26.5. The summed E-state index contributed by atoms with van der Waals surface area (Å²) in [6, 6.07) is 62.1. The van der Waals surface area contributed by atoms with Crippen LogP contribution in [-0.2, 0) is 21.1 Å². The third-order valence-electron chi connectivity index (χ3n) is 15.5. The van der Waals surface area contributed by atoms with Crippen molar-refractivity contribution in [3.05, 3.63) is 223 Å². The van der Waals surface area contributed by atoms with Crippen LogP contribution in [0.4, 0.5) is 0 Å². The Hall–Kier alpha value is -9.99. The molecule has 0 fully saturated rings. The van der Waals surface area contributed by atoms with Crippen LogP contribution in [0.25, 0.3) is 144 Å². The van der Waals surface area contributed by atoms with E-state index in [1.165, 1.54) is 33.4 Å². The van der Waals surface area contributed by atoms with Crippen molar-refractivity contribution in [3.8, 4) is 44.9 Å². The van der Waals surface area contributed by atoms with E-state index in [1.807, 2.05) is 84.9 Å². The van der Waals surface area contributed by atoms with Gasteiger partial charge in [-0.25, -0.2) is 13.7 Å². The molecule has 9 nitrogen and oxygen atoms in total. The molecule has 9 heteroatoms. The minimum Gasteiger partial charge on any atom is -0.452 e. The van der Waals surface area contributed by atoms with Crippen molar-refractivity contribution >= 4 is 99.3 Å². The highest BCUT2D eigenvalue weighted by Gasteiger charge is 2.27. The molecule has 16 rings (SSSR count). The van der Waals surface area contributed by atoms with Crippen molar-refractivity contribution in [2.24, 2.45) is 21.1 Å². The largest absolute Gasteiger partial charge is 0.452 e. The highest BCUT2D eigenvalue weighted by atomic mass is 16.4. The number of pyridine rings is 3. The summed E-state index contributed by atoms with van der Waals surface area (Å²) < 4.78 is 43.9. The Morgan fingerprint density at radius 1 is 0.266 bits per heavy atom. The summed E-state index contributed by atoms with van der Waals surface area (Å²) >= 11 is 0. The van der Waals surface area contributed by atoms with Gasteiger partial charge in [0, 0.05) is 36.4 Å². The third kappa shape index (κ3) is 7.79. The van der Waals surface area contributed by atoms with Gasteiger partial charge < -0.3 is 26.5 Å². The lowest BCUT2D eigenvalue weighted by Crippen LogP contribution is -2.30. The summed E-state index contributed by atoms with van der Waals surface area (Å²) in [5, 5.41) is 6.09. The van der Waals surface area contributed by atoms with E-state index in [9.17, 15) is 0 Å². The Bertz CT molecular complexity index is 5060. The Kier molecular flexibility index (Phi) is 11.2. The van der Waals surface area contributed by atoms with E-state index in [-0.39, 0.29) is 0 Å². The van der Waals surface area contributed by atoms with E-state index >= 15 is 0 Å². The number of para-hydroxylation sites is 3. The van der Waals surface area contributed by atoms with Gasteiger partial charge in [0.2, 0.25) is 17.1 Å². The average molecular weight is 1030 g/mol. The molecule has 0 bridgehead atoms. The highest BCUT2D eigenvalue weighted by molar-refractivity contribution is 6.17. The summed E-state index contributed by atoms with van der Waals surface area (Å²) in [4.78, 5) is 0. The monoisotopic (exact) mass is 1030 g/mol. The molecule has 0 aliphatic carbocycles. The van der Waals surface area contributed by atoms with Crippen LogP contribution in [0.5, 0.6) is 0 Å². The quantitative estimate of drug-likeness (QED) is 0.163. The molecule has 79 heavy (non-hydrogen) atoms. The maximum atomic E-state index is 6.47. The van der Waals surface area contributed by atoms with Crippen molar-refractivity contribution in [2.75, 3.05) is 0 Å². The van der Waals surface area contributed by atoms with Crippen LogP contribution in [0.2, 0.25) is 0 Å². The number of hydrogen-bond donors (Lipinski definition) is 0. The maximum absolute atomic E-state index is 6.47. The van der Waals surface area contributed by atoms with Gasteiger partial charge in [0.05, 0.1) is 49.0 Å². The molecule has 0 amide bonds. The number of fused-ring (bicyclic) bond motifs is 15. The molecule has 0 aliphatic heterocycles. The molecule has 0 unspecified atom stereocenters. The molecule has 0 spiro atoms. The second kappa shape index (κ2) is 18.6. The van der Waals surface area contributed by atoms with E-state index < -0.39 is 0 Å². The fourth-order valence-electron chi connectivity index (χ4n) is 11.4. The standard InChI is InChI=1S/C27H20NO2.C22H18NO2.C21H16NO2/c1-17-12-13-21-25(30-26-20-10-6-7-11-23(20)29-27(21)26)24(17)22-16-19(14-15-28(22)2)18-8-4-3-5-9-18;1-13-10-11-23(3)17(12-13)19-14(2)8-9-16-20(19)25-21-15-6-4-5-7-18(15)24-22(16)21;1-13-10-11-15-19(18(13)16-8-5-6-12-22(16)2)24-20-14-7-3-4-9-17(14)23-21(15)20/h3-16H,1-2H3;4-12H,1-3H3;3-12H,1-2H3/q3*+1. The van der Waals surface area contributed by atoms with Gasteiger partial charge in [-0.05, 0) is 122 Å². The van der Waals surface area contributed by atoms with E-state index in [2.05, 4.69) is 178 Å². The van der Waals surface area contributed by atoms with Gasteiger partial charge in [-0.15, -0.1) is 0 Å². The van der Waals surface area contributed by atoms with E-state index in [0.717, 1.165) is 133 Å². The van der Waals surface area contributed by atoms with Gasteiger partial charge in [0.1, 0.15) is 37.9 Å². The fraction of sp³-hybridized carbons (Fsp3) is 0.100. The number of hydrogen-bond acceptors (Lipinski definition) is 6. The van der Waals surface area contributed by atoms with Crippen LogP contribution in [0.15, 0.2) is 227 Å². The zero-order valence-corrected chi connectivity index (χ0v) is 44.8. The van der Waals surface area contributed by atoms with E-state index in [1.54, 1.807) is 0 Å². The van der Waals surface area contributed by atoms with E-state index in [0.29, 0.717) is 0 Å². The predicted octanol–water partition coefficient (Wildman–Crippen LogP) is 17.4. The van der Waals surface area contributed by atoms with Crippen molar-refractivity contribution in [1.82, 2.24) is 0 Å². The van der Waals surface area contributed by atoms with Crippen molar-refractivity contribution in [3.63, 3.8) is 0 Å². The van der Waals surface area contributed by atoms with Crippen LogP contribution in [0.1, 0.15) is 22.3 Å². The molecule has 9 heterocycles. The van der Waals surface area contributed by atoms with Gasteiger partial charge in [0.15, 0.2) is 68.8 Å². The highest BCUT2D eigenvalue weighted by Crippen LogP contribution is 2.44. The number of aromatic nitrogens is 3. The van der Waals surface area contributed by atoms with Gasteiger partial charge >= 0.3 is 0 Å². The Morgan fingerprint density at radius 2 is 0.646 bits per heavy atom. The molecule has 0 saturated heterocycles. The lowest BCUT2D eigenvalue weighted by atomic mass is 9.99. The van der Waals surface area contributed by atoms with Crippen molar-refractivity contribution in [1.29, 1.82) is 0 Å². The molecular weight excluding hydrogens is 979 g/mol. The normalized spacial score (nSPS) is 11.7. The molecule has 9 aromatic heterocycles. The Morgan fingerprint density at radius 3 is 1.11 bits per heavy atom. The Labute approximate surface area is 454 Å². The van der Waals surface area contributed by atoms with Crippen molar-refractivity contribution in [2.45, 2.75) is 27.7 Å². The SMILES string of the molecule is Cc1cc[n+](C)c(-c2c(C)ccc3c2oc2c4ccccc4oc32)c1.Cc1ccc2c(oc3c4ccccc4oc23)c1-c1cc(-c2ccccc2)cc[n+]1C.Cc1ccc2c(oc3c4ccccc4oc23)c1-c1cccc[n+]1C. The van der Waals surface area contributed by atoms with Crippen molar-refractivity contribution < 1.29 is 40.2 Å². The van der Waals surface area contributed by atoms with Crippen LogP contribution in [-0.4, -0.2) is 0 Å². The molecule has 0 aliphatic rings. The topological polar surface area (TPSA) is 90.5 Å². The second-order valence-electron chi connectivity index (χ2n) is 20.7. The molecule has 16 aromatic rings. The minimum atomic E-state index is 0.814. The summed E-state index contributed by atoms with van der Waals surface area (Å²) in [5.74, 6) is 0. The maximum Gasteiger partial charge on any atom is 0.216 e. The molecule has 7 aromatic carbocycles. The number of furan rings is 6. The fourth-order valence-corrected chi connectivity index (χ4v) is 11.4. The molecule has 0 saturated carbocycles. The number of benzene rings is 7. The van der Waals surface area contributed by atoms with Crippen LogP contribution in [0.3, 0.4) is 0 Å². The zero-order chi connectivity index (χ0) is 53.6. The lowest BCUT2D eigenvalue weighted by Gasteiger charge is -2.08. The smallest absolute Gasteiger partial charge is 0.216 e. The summed E-state index contributed by atoms with van der Waals surface area (Å²) in [7, 11) is 6.19. The molecule has 382 valence electrons. The van der Waals surface area contributed by atoms with Gasteiger partial charge in [0.25, 0.3) is 0 Å². The average Bonchev–Trinajstić information content (AvgIpc) is 4.53.